The van der Waals surface area contributed by atoms with Crippen molar-refractivity contribution in [3.05, 3.63) is 0 Å². The van der Waals surface area contributed by atoms with E-state index in [-0.39, 0.29) is 6.10 Å². The van der Waals surface area contributed by atoms with Gasteiger partial charge in [0, 0.05) is 0 Å². The van der Waals surface area contributed by atoms with E-state index in [4.69, 9.17) is 14.6 Å². The summed E-state index contributed by atoms with van der Waals surface area (Å²) in [6, 6.07) is 0. The highest BCUT2D eigenvalue weighted by Crippen LogP contribution is 2.24. The third-order valence-electron chi connectivity index (χ3n) is 4.43. The second-order valence-corrected chi connectivity index (χ2v) is 6.55. The Kier molecular flexibility index (Phi) is 10.3. The fourth-order valence-corrected chi connectivity index (χ4v) is 2.87. The fourth-order valence-electron chi connectivity index (χ4n) is 2.87. The van der Waals surface area contributed by atoms with Crippen molar-refractivity contribution in [3.8, 4) is 0 Å². The number of rotatable bonds is 11. The Labute approximate surface area is 139 Å². The van der Waals surface area contributed by atoms with Gasteiger partial charge in [0.25, 0.3) is 0 Å². The highest BCUT2D eigenvalue weighted by Gasteiger charge is 2.44. The van der Waals surface area contributed by atoms with Gasteiger partial charge in [-0.2, -0.15) is 0 Å². The zero-order valence-corrected chi connectivity index (χ0v) is 14.4. The molecule has 1 aliphatic rings. The van der Waals surface area contributed by atoms with Crippen molar-refractivity contribution in [2.24, 2.45) is 0 Å². The maximum absolute atomic E-state index is 9.92. The zero-order chi connectivity index (χ0) is 17.2. The van der Waals surface area contributed by atoms with Crippen LogP contribution in [-0.4, -0.2) is 63.8 Å². The first kappa shape index (κ1) is 20.8. The van der Waals surface area contributed by atoms with E-state index in [2.05, 4.69) is 6.92 Å². The summed E-state index contributed by atoms with van der Waals surface area (Å²) < 4.78 is 11.0. The summed E-state index contributed by atoms with van der Waals surface area (Å²) in [6.07, 6.45) is 3.33. The van der Waals surface area contributed by atoms with Gasteiger partial charge in [0.1, 0.15) is 24.4 Å². The zero-order valence-electron chi connectivity index (χ0n) is 14.4. The summed E-state index contributed by atoms with van der Waals surface area (Å²) in [5, 5.41) is 38.5. The molecular weight excluding hydrogens is 300 g/mol. The molecule has 1 saturated heterocycles. The topological polar surface area (TPSA) is 99.4 Å². The Balaban J connectivity index is 2.23. The molecule has 1 unspecified atom stereocenters. The van der Waals surface area contributed by atoms with E-state index in [0.29, 0.717) is 0 Å². The van der Waals surface area contributed by atoms with Crippen molar-refractivity contribution in [2.45, 2.75) is 102 Å². The van der Waals surface area contributed by atoms with Crippen LogP contribution in [0.5, 0.6) is 0 Å². The summed E-state index contributed by atoms with van der Waals surface area (Å²) in [6.45, 7) is 3.67. The van der Waals surface area contributed by atoms with Crippen molar-refractivity contribution < 1.29 is 29.9 Å². The molecule has 1 heterocycles. The minimum absolute atomic E-state index is 0.118. The average molecular weight is 334 g/mol. The summed E-state index contributed by atoms with van der Waals surface area (Å²) in [7, 11) is 0. The number of aliphatic hydroxyl groups is 4. The Morgan fingerprint density at radius 1 is 0.913 bits per heavy atom. The van der Waals surface area contributed by atoms with Gasteiger partial charge in [0.2, 0.25) is 0 Å². The molecule has 0 amide bonds. The second-order valence-electron chi connectivity index (χ2n) is 6.55. The van der Waals surface area contributed by atoms with Gasteiger partial charge in [0.05, 0.1) is 12.7 Å². The predicted octanol–water partition coefficient (Wildman–Crippen LogP) is 1.33. The smallest absolute Gasteiger partial charge is 0.186 e. The van der Waals surface area contributed by atoms with Crippen LogP contribution >= 0.6 is 0 Å². The molecule has 0 aromatic carbocycles. The van der Waals surface area contributed by atoms with E-state index in [1.165, 1.54) is 32.1 Å². The van der Waals surface area contributed by atoms with Crippen LogP contribution in [0.1, 0.15) is 65.2 Å². The number of unbranched alkanes of at least 4 members (excludes halogenated alkanes) is 6. The van der Waals surface area contributed by atoms with Gasteiger partial charge in [-0.05, 0) is 13.3 Å². The van der Waals surface area contributed by atoms with Crippen molar-refractivity contribution in [3.63, 3.8) is 0 Å². The number of ether oxygens (including phenoxy) is 2. The van der Waals surface area contributed by atoms with Crippen LogP contribution in [0, 0.1) is 0 Å². The van der Waals surface area contributed by atoms with E-state index < -0.39 is 37.3 Å². The lowest BCUT2D eigenvalue weighted by Gasteiger charge is -2.40. The van der Waals surface area contributed by atoms with Crippen LogP contribution in [0.4, 0.5) is 0 Å². The summed E-state index contributed by atoms with van der Waals surface area (Å²) in [5.74, 6) is 0. The highest BCUT2D eigenvalue weighted by molar-refractivity contribution is 4.89. The van der Waals surface area contributed by atoms with E-state index in [9.17, 15) is 15.3 Å². The van der Waals surface area contributed by atoms with Gasteiger partial charge in [0.15, 0.2) is 6.29 Å². The molecule has 0 bridgehead atoms. The Morgan fingerprint density at radius 2 is 1.52 bits per heavy atom. The van der Waals surface area contributed by atoms with Crippen LogP contribution in [0.3, 0.4) is 0 Å². The van der Waals surface area contributed by atoms with Gasteiger partial charge in [-0.1, -0.05) is 51.9 Å². The van der Waals surface area contributed by atoms with Crippen LogP contribution in [0.15, 0.2) is 0 Å². The molecular formula is C17H34O6. The molecule has 1 aliphatic heterocycles. The number of hydrogen-bond acceptors (Lipinski definition) is 6. The minimum atomic E-state index is -1.38. The Hall–Kier alpha value is -0.240. The lowest BCUT2D eigenvalue weighted by molar-refractivity contribution is -0.310. The molecule has 0 aromatic heterocycles. The van der Waals surface area contributed by atoms with E-state index in [1.54, 1.807) is 0 Å². The third-order valence-corrected chi connectivity index (χ3v) is 4.43. The van der Waals surface area contributed by atoms with E-state index in [0.717, 1.165) is 19.3 Å². The van der Waals surface area contributed by atoms with Gasteiger partial charge in [-0.25, -0.2) is 0 Å². The molecule has 0 saturated carbocycles. The fraction of sp³-hybridized carbons (Fsp3) is 1.00. The van der Waals surface area contributed by atoms with Crippen molar-refractivity contribution in [1.29, 1.82) is 0 Å². The first-order valence-corrected chi connectivity index (χ1v) is 8.97. The molecule has 6 atom stereocenters. The van der Waals surface area contributed by atoms with Crippen LogP contribution in [0.2, 0.25) is 0 Å². The molecule has 4 N–H and O–H groups in total. The lowest BCUT2D eigenvalue weighted by atomic mass is 9.99. The Morgan fingerprint density at radius 3 is 2.13 bits per heavy atom. The highest BCUT2D eigenvalue weighted by atomic mass is 16.7. The molecule has 1 fully saturated rings. The van der Waals surface area contributed by atoms with Crippen molar-refractivity contribution in [1.82, 2.24) is 0 Å². The van der Waals surface area contributed by atoms with Crippen LogP contribution < -0.4 is 0 Å². The normalized spacial score (nSPS) is 32.9. The largest absolute Gasteiger partial charge is 0.394 e. The lowest BCUT2D eigenvalue weighted by Crippen LogP contribution is -2.59. The summed E-state index contributed by atoms with van der Waals surface area (Å²) in [4.78, 5) is 0. The van der Waals surface area contributed by atoms with Gasteiger partial charge < -0.3 is 29.9 Å². The van der Waals surface area contributed by atoms with E-state index in [1.807, 2.05) is 6.92 Å². The summed E-state index contributed by atoms with van der Waals surface area (Å²) >= 11 is 0. The average Bonchev–Trinajstić information content (AvgIpc) is 2.54. The molecule has 0 aromatic rings. The maximum Gasteiger partial charge on any atom is 0.186 e. The predicted molar refractivity (Wildman–Crippen MR) is 86.9 cm³/mol. The molecule has 6 nitrogen and oxygen atoms in total. The summed E-state index contributed by atoms with van der Waals surface area (Å²) in [5.41, 5.74) is 0. The number of hydrogen-bond donors (Lipinski definition) is 4. The third kappa shape index (κ3) is 7.03. The Bertz CT molecular complexity index is 299. The monoisotopic (exact) mass is 334 g/mol. The molecule has 0 spiro atoms. The molecule has 6 heteroatoms. The SMILES string of the molecule is CCCCCCCCCC(C)O[C@H]1O[C@H](CO)[C@@H](O)[C@H](O)[C@H]1O. The van der Waals surface area contributed by atoms with Crippen molar-refractivity contribution in [2.75, 3.05) is 6.61 Å². The second kappa shape index (κ2) is 11.3. The molecule has 1 rings (SSSR count). The molecule has 0 radical (unpaired) electrons. The minimum Gasteiger partial charge on any atom is -0.394 e. The van der Waals surface area contributed by atoms with Gasteiger partial charge in [-0.3, -0.25) is 0 Å². The maximum atomic E-state index is 9.92. The molecule has 23 heavy (non-hydrogen) atoms. The van der Waals surface area contributed by atoms with Gasteiger partial charge >= 0.3 is 0 Å². The van der Waals surface area contributed by atoms with E-state index >= 15 is 0 Å². The quantitative estimate of drug-likeness (QED) is 0.426. The number of aliphatic hydroxyl groups excluding tert-OH is 4. The molecule has 138 valence electrons. The molecule has 0 aliphatic carbocycles. The van der Waals surface area contributed by atoms with Gasteiger partial charge in [-0.15, -0.1) is 0 Å². The first-order chi connectivity index (χ1) is 11.0. The first-order valence-electron chi connectivity index (χ1n) is 8.97. The van der Waals surface area contributed by atoms with Crippen LogP contribution in [-0.2, 0) is 9.47 Å². The van der Waals surface area contributed by atoms with Crippen LogP contribution in [0.25, 0.3) is 0 Å². The standard InChI is InChI=1S/C17H34O6/c1-3-4-5-6-7-8-9-10-12(2)22-17-16(21)15(20)14(19)13(11-18)23-17/h12-21H,3-11H2,1-2H3/t12?,13-,14-,15+,16-,17+/m1/s1. The van der Waals surface area contributed by atoms with Crippen molar-refractivity contribution >= 4 is 0 Å².